The average molecular weight is 229 g/mol. The van der Waals surface area contributed by atoms with Crippen molar-refractivity contribution in [2.24, 2.45) is 5.73 Å². The summed E-state index contributed by atoms with van der Waals surface area (Å²) in [4.78, 5) is 11.6. The molecule has 0 saturated carbocycles. The SMILES string of the molecule is CCOC(=O)[C@H](N)c1cccc2ccccc12. The van der Waals surface area contributed by atoms with Crippen molar-refractivity contribution in [3.8, 4) is 0 Å². The standard InChI is InChI=1S/C14H15NO2/c1-2-17-14(16)13(15)12-9-5-7-10-6-3-4-8-11(10)12/h3-9,13H,2,15H2,1H3/t13-/m1/s1. The molecule has 2 aromatic rings. The highest BCUT2D eigenvalue weighted by atomic mass is 16.5. The molecule has 3 heteroatoms. The van der Waals surface area contributed by atoms with E-state index in [4.69, 9.17) is 10.5 Å². The maximum absolute atomic E-state index is 11.6. The van der Waals surface area contributed by atoms with Gasteiger partial charge in [0, 0.05) is 0 Å². The molecule has 0 heterocycles. The Labute approximate surface area is 100 Å². The Balaban J connectivity index is 2.44. The number of rotatable bonds is 3. The first-order valence-electron chi connectivity index (χ1n) is 5.64. The summed E-state index contributed by atoms with van der Waals surface area (Å²) in [5.74, 6) is -0.385. The molecule has 0 spiro atoms. The van der Waals surface area contributed by atoms with Crippen molar-refractivity contribution in [3.63, 3.8) is 0 Å². The van der Waals surface area contributed by atoms with E-state index in [1.54, 1.807) is 6.92 Å². The van der Waals surface area contributed by atoms with Gasteiger partial charge in [-0.3, -0.25) is 0 Å². The van der Waals surface area contributed by atoms with Crippen molar-refractivity contribution in [3.05, 3.63) is 48.0 Å². The van der Waals surface area contributed by atoms with Crippen molar-refractivity contribution in [2.75, 3.05) is 6.61 Å². The summed E-state index contributed by atoms with van der Waals surface area (Å²) < 4.78 is 4.94. The largest absolute Gasteiger partial charge is 0.465 e. The van der Waals surface area contributed by atoms with Gasteiger partial charge in [0.15, 0.2) is 0 Å². The molecular weight excluding hydrogens is 214 g/mol. The van der Waals surface area contributed by atoms with Gasteiger partial charge in [-0.05, 0) is 23.3 Å². The highest BCUT2D eigenvalue weighted by Gasteiger charge is 2.18. The molecule has 0 aliphatic carbocycles. The molecule has 0 aliphatic heterocycles. The molecule has 17 heavy (non-hydrogen) atoms. The highest BCUT2D eigenvalue weighted by molar-refractivity contribution is 5.90. The van der Waals surface area contributed by atoms with Gasteiger partial charge >= 0.3 is 5.97 Å². The van der Waals surface area contributed by atoms with Crippen molar-refractivity contribution in [2.45, 2.75) is 13.0 Å². The second-order valence-corrected chi connectivity index (χ2v) is 3.80. The van der Waals surface area contributed by atoms with Crippen LogP contribution in [0.3, 0.4) is 0 Å². The van der Waals surface area contributed by atoms with Gasteiger partial charge in [-0.15, -0.1) is 0 Å². The second-order valence-electron chi connectivity index (χ2n) is 3.80. The molecule has 2 rings (SSSR count). The van der Waals surface area contributed by atoms with Crippen molar-refractivity contribution >= 4 is 16.7 Å². The smallest absolute Gasteiger partial charge is 0.327 e. The number of carbonyl (C=O) groups excluding carboxylic acids is 1. The van der Waals surface area contributed by atoms with Crippen molar-refractivity contribution in [1.82, 2.24) is 0 Å². The zero-order chi connectivity index (χ0) is 12.3. The third-order valence-corrected chi connectivity index (χ3v) is 2.70. The zero-order valence-corrected chi connectivity index (χ0v) is 9.72. The van der Waals surface area contributed by atoms with Crippen LogP contribution in [0.5, 0.6) is 0 Å². The summed E-state index contributed by atoms with van der Waals surface area (Å²) >= 11 is 0. The van der Waals surface area contributed by atoms with Crippen LogP contribution in [0.2, 0.25) is 0 Å². The predicted molar refractivity (Wildman–Crippen MR) is 67.5 cm³/mol. The summed E-state index contributed by atoms with van der Waals surface area (Å²) in [5, 5.41) is 2.07. The Kier molecular flexibility index (Phi) is 3.40. The molecule has 0 aromatic heterocycles. The summed E-state index contributed by atoms with van der Waals surface area (Å²) in [6.07, 6.45) is 0. The summed E-state index contributed by atoms with van der Waals surface area (Å²) in [5.41, 5.74) is 6.72. The Hall–Kier alpha value is -1.87. The lowest BCUT2D eigenvalue weighted by atomic mass is 9.99. The van der Waals surface area contributed by atoms with Gasteiger partial charge in [0.2, 0.25) is 0 Å². The number of esters is 1. The Bertz CT molecular complexity index is 531. The van der Waals surface area contributed by atoms with Gasteiger partial charge < -0.3 is 10.5 Å². The van der Waals surface area contributed by atoms with Gasteiger partial charge in [0.05, 0.1) is 6.61 Å². The monoisotopic (exact) mass is 229 g/mol. The van der Waals surface area contributed by atoms with E-state index >= 15 is 0 Å². The van der Waals surface area contributed by atoms with Crippen LogP contribution in [0.25, 0.3) is 10.8 Å². The van der Waals surface area contributed by atoms with E-state index in [1.807, 2.05) is 42.5 Å². The normalized spacial score (nSPS) is 12.4. The van der Waals surface area contributed by atoms with E-state index in [0.29, 0.717) is 6.61 Å². The fraction of sp³-hybridized carbons (Fsp3) is 0.214. The lowest BCUT2D eigenvalue weighted by molar-refractivity contribution is -0.144. The third kappa shape index (κ3) is 2.29. The van der Waals surface area contributed by atoms with Gasteiger partial charge in [0.25, 0.3) is 0 Å². The number of carbonyl (C=O) groups is 1. The topological polar surface area (TPSA) is 52.3 Å². The van der Waals surface area contributed by atoms with Gasteiger partial charge in [-0.25, -0.2) is 4.79 Å². The minimum Gasteiger partial charge on any atom is -0.465 e. The lowest BCUT2D eigenvalue weighted by Gasteiger charge is -2.13. The second kappa shape index (κ2) is 4.97. The van der Waals surface area contributed by atoms with E-state index in [9.17, 15) is 4.79 Å². The molecule has 3 nitrogen and oxygen atoms in total. The van der Waals surface area contributed by atoms with E-state index < -0.39 is 6.04 Å². The Morgan fingerprint density at radius 3 is 2.71 bits per heavy atom. The molecular formula is C14H15NO2. The minimum atomic E-state index is -0.721. The fourth-order valence-electron chi connectivity index (χ4n) is 1.88. The summed E-state index contributed by atoms with van der Waals surface area (Å²) in [6.45, 7) is 2.12. The molecule has 0 saturated heterocycles. The molecule has 0 bridgehead atoms. The highest BCUT2D eigenvalue weighted by Crippen LogP contribution is 2.23. The maximum Gasteiger partial charge on any atom is 0.327 e. The van der Waals surface area contributed by atoms with Gasteiger partial charge in [-0.1, -0.05) is 42.5 Å². The molecule has 88 valence electrons. The quantitative estimate of drug-likeness (QED) is 0.822. The maximum atomic E-state index is 11.6. The van der Waals surface area contributed by atoms with Gasteiger partial charge in [0.1, 0.15) is 6.04 Å². The average Bonchev–Trinajstić information content (AvgIpc) is 2.37. The Morgan fingerprint density at radius 2 is 1.94 bits per heavy atom. The van der Waals surface area contributed by atoms with E-state index in [1.165, 1.54) is 0 Å². The van der Waals surface area contributed by atoms with Crippen LogP contribution in [0.15, 0.2) is 42.5 Å². The van der Waals surface area contributed by atoms with E-state index in [2.05, 4.69) is 0 Å². The van der Waals surface area contributed by atoms with Crippen LogP contribution >= 0.6 is 0 Å². The van der Waals surface area contributed by atoms with Crippen molar-refractivity contribution < 1.29 is 9.53 Å². The van der Waals surface area contributed by atoms with Crippen LogP contribution in [-0.4, -0.2) is 12.6 Å². The van der Waals surface area contributed by atoms with E-state index in [0.717, 1.165) is 16.3 Å². The van der Waals surface area contributed by atoms with Crippen molar-refractivity contribution in [1.29, 1.82) is 0 Å². The van der Waals surface area contributed by atoms with Crippen LogP contribution in [-0.2, 0) is 9.53 Å². The first kappa shape index (κ1) is 11.6. The van der Waals surface area contributed by atoms with Crippen LogP contribution in [0.1, 0.15) is 18.5 Å². The molecule has 1 atom stereocenters. The summed E-state index contributed by atoms with van der Waals surface area (Å²) in [7, 11) is 0. The molecule has 0 fully saturated rings. The molecule has 0 unspecified atom stereocenters. The summed E-state index contributed by atoms with van der Waals surface area (Å²) in [6, 6.07) is 12.9. The first-order chi connectivity index (χ1) is 8.24. The molecule has 0 aliphatic rings. The van der Waals surface area contributed by atoms with Gasteiger partial charge in [-0.2, -0.15) is 0 Å². The number of hydrogen-bond donors (Lipinski definition) is 1. The zero-order valence-electron chi connectivity index (χ0n) is 9.72. The number of hydrogen-bond acceptors (Lipinski definition) is 3. The first-order valence-corrected chi connectivity index (χ1v) is 5.64. The molecule has 0 radical (unpaired) electrons. The van der Waals surface area contributed by atoms with Crippen LogP contribution in [0.4, 0.5) is 0 Å². The number of ether oxygens (including phenoxy) is 1. The Morgan fingerprint density at radius 1 is 1.24 bits per heavy atom. The number of nitrogens with two attached hydrogens (primary N) is 1. The predicted octanol–water partition coefficient (Wildman–Crippen LogP) is 2.40. The number of fused-ring (bicyclic) bond motifs is 1. The molecule has 2 aromatic carbocycles. The van der Waals surface area contributed by atoms with Crippen LogP contribution < -0.4 is 5.73 Å². The molecule has 0 amide bonds. The lowest BCUT2D eigenvalue weighted by Crippen LogP contribution is -2.23. The number of benzene rings is 2. The van der Waals surface area contributed by atoms with E-state index in [-0.39, 0.29) is 5.97 Å². The fourth-order valence-corrected chi connectivity index (χ4v) is 1.88. The minimum absolute atomic E-state index is 0.345. The van der Waals surface area contributed by atoms with Crippen LogP contribution in [0, 0.1) is 0 Å². The third-order valence-electron chi connectivity index (χ3n) is 2.70. The molecule has 2 N–H and O–H groups in total.